The summed E-state index contributed by atoms with van der Waals surface area (Å²) in [5, 5.41) is 11.1. The van der Waals surface area contributed by atoms with E-state index in [0.717, 1.165) is 24.3 Å². The maximum atomic E-state index is 12.7. The van der Waals surface area contributed by atoms with Gasteiger partial charge >= 0.3 is 5.88 Å². The molecule has 0 amide bonds. The van der Waals surface area contributed by atoms with Gasteiger partial charge in [-0.25, -0.2) is 8.42 Å². The van der Waals surface area contributed by atoms with Gasteiger partial charge in [0.15, 0.2) is 11.2 Å². The number of furan rings is 1. The zero-order chi connectivity index (χ0) is 20.7. The second-order valence-electron chi connectivity index (χ2n) is 5.36. The molecule has 0 saturated carbocycles. The number of fused-ring (bicyclic) bond motifs is 1. The van der Waals surface area contributed by atoms with Crippen molar-refractivity contribution in [2.45, 2.75) is 3.12 Å². The first-order valence-corrected chi connectivity index (χ1v) is 9.93. The predicted molar refractivity (Wildman–Crippen MR) is 105 cm³/mol. The molecule has 0 bridgehead atoms. The minimum absolute atomic E-state index is 0.185. The van der Waals surface area contributed by atoms with E-state index in [1.54, 1.807) is 12.1 Å². The molecule has 146 valence electrons. The first kappa shape index (κ1) is 20.4. The van der Waals surface area contributed by atoms with Gasteiger partial charge in [0.1, 0.15) is 21.2 Å². The van der Waals surface area contributed by atoms with E-state index in [9.17, 15) is 23.3 Å². The average Bonchev–Trinajstić information content (AvgIpc) is 3.08. The molecule has 12 heteroatoms. The third-order valence-corrected chi connectivity index (χ3v) is 6.87. The van der Waals surface area contributed by atoms with Crippen molar-refractivity contribution in [1.29, 1.82) is 0 Å². The zero-order valence-electron chi connectivity index (χ0n) is 13.5. The number of nitrogens with zero attached hydrogens (tertiary/aromatic N) is 1. The number of benzene rings is 1. The van der Waals surface area contributed by atoms with Gasteiger partial charge in [-0.05, 0) is 18.2 Å². The lowest BCUT2D eigenvalue weighted by Gasteiger charge is -2.13. The molecule has 0 atom stereocenters. The van der Waals surface area contributed by atoms with Crippen LogP contribution in [0.1, 0.15) is 11.5 Å². The van der Waals surface area contributed by atoms with Crippen LogP contribution in [0.25, 0.3) is 22.0 Å². The molecule has 0 fully saturated rings. The Labute approximate surface area is 172 Å². The largest absolute Gasteiger partial charge is 0.456 e. The van der Waals surface area contributed by atoms with Gasteiger partial charge in [0, 0.05) is 12.1 Å². The van der Waals surface area contributed by atoms with Crippen LogP contribution >= 0.6 is 34.8 Å². The van der Waals surface area contributed by atoms with E-state index in [1.807, 2.05) is 0 Å². The SMILES string of the molecule is O=c1cc(C=C(c2ccc([N+](=O)[O-])o2)S(=O)(=O)C(Cl)(Cl)Cl)oc2ccccc12. The van der Waals surface area contributed by atoms with Crippen molar-refractivity contribution in [3.8, 4) is 0 Å². The lowest BCUT2D eigenvalue weighted by molar-refractivity contribution is -0.402. The van der Waals surface area contributed by atoms with Gasteiger partial charge in [-0.15, -0.1) is 0 Å². The Bertz CT molecular complexity index is 1270. The molecule has 1 aromatic carbocycles. The maximum absolute atomic E-state index is 12.7. The molecular formula is C16H8Cl3NO7S. The van der Waals surface area contributed by atoms with Gasteiger partial charge < -0.3 is 8.83 Å². The second kappa shape index (κ2) is 7.25. The molecule has 0 unspecified atom stereocenters. The van der Waals surface area contributed by atoms with Crippen LogP contribution in [0.3, 0.4) is 0 Å². The first-order valence-electron chi connectivity index (χ1n) is 7.31. The Balaban J connectivity index is 2.27. The molecule has 0 aliphatic heterocycles. The van der Waals surface area contributed by atoms with Crippen LogP contribution in [0.5, 0.6) is 0 Å². The van der Waals surface area contributed by atoms with Gasteiger partial charge in [-0.3, -0.25) is 14.9 Å². The van der Waals surface area contributed by atoms with E-state index >= 15 is 0 Å². The summed E-state index contributed by atoms with van der Waals surface area (Å²) in [7, 11) is -4.69. The summed E-state index contributed by atoms with van der Waals surface area (Å²) in [6.45, 7) is 0. The van der Waals surface area contributed by atoms with E-state index in [2.05, 4.69) is 0 Å². The number of sulfone groups is 1. The van der Waals surface area contributed by atoms with E-state index in [0.29, 0.717) is 0 Å². The van der Waals surface area contributed by atoms with Crippen molar-refractivity contribution in [1.82, 2.24) is 0 Å². The van der Waals surface area contributed by atoms with Gasteiger partial charge in [-0.2, -0.15) is 0 Å². The van der Waals surface area contributed by atoms with Gasteiger partial charge in [0.2, 0.25) is 9.84 Å². The van der Waals surface area contributed by atoms with E-state index in [1.165, 1.54) is 12.1 Å². The van der Waals surface area contributed by atoms with Crippen LogP contribution in [-0.4, -0.2) is 16.5 Å². The molecule has 0 aliphatic carbocycles. The minimum atomic E-state index is -4.69. The predicted octanol–water partition coefficient (Wildman–Crippen LogP) is 4.53. The minimum Gasteiger partial charge on any atom is -0.456 e. The van der Waals surface area contributed by atoms with Crippen LogP contribution in [0.15, 0.2) is 56.1 Å². The third kappa shape index (κ3) is 3.79. The number of halogens is 3. The Hall–Kier alpha value is -2.33. The van der Waals surface area contributed by atoms with E-state index in [-0.39, 0.29) is 16.7 Å². The van der Waals surface area contributed by atoms with Crippen LogP contribution in [0.2, 0.25) is 0 Å². The molecule has 0 radical (unpaired) electrons. The highest BCUT2D eigenvalue weighted by molar-refractivity contribution is 8.05. The van der Waals surface area contributed by atoms with Crippen molar-refractivity contribution >= 4 is 72.5 Å². The number of hydrogen-bond acceptors (Lipinski definition) is 7. The van der Waals surface area contributed by atoms with Crippen LogP contribution < -0.4 is 5.43 Å². The number of para-hydroxylation sites is 1. The molecule has 2 heterocycles. The molecule has 0 aliphatic rings. The second-order valence-corrected chi connectivity index (χ2v) is 10.4. The Kier molecular flexibility index (Phi) is 5.28. The fourth-order valence-electron chi connectivity index (χ4n) is 2.29. The molecule has 3 rings (SSSR count). The molecule has 0 saturated heterocycles. The van der Waals surface area contributed by atoms with Crippen LogP contribution in [-0.2, 0) is 9.84 Å². The molecule has 0 N–H and O–H groups in total. The van der Waals surface area contributed by atoms with Crippen molar-refractivity contribution in [2.75, 3.05) is 0 Å². The Morgan fingerprint density at radius 3 is 2.39 bits per heavy atom. The highest BCUT2D eigenvalue weighted by atomic mass is 35.6. The summed E-state index contributed by atoms with van der Waals surface area (Å²) < 4.78 is 33.0. The third-order valence-electron chi connectivity index (χ3n) is 3.54. The number of alkyl halides is 3. The zero-order valence-corrected chi connectivity index (χ0v) is 16.6. The topological polar surface area (TPSA) is 121 Å². The summed E-state index contributed by atoms with van der Waals surface area (Å²) in [4.78, 5) is 21.5. The van der Waals surface area contributed by atoms with Gasteiger partial charge in [0.05, 0.1) is 11.5 Å². The monoisotopic (exact) mass is 463 g/mol. The van der Waals surface area contributed by atoms with Gasteiger partial charge in [0.25, 0.3) is 3.12 Å². The molecule has 0 spiro atoms. The van der Waals surface area contributed by atoms with E-state index in [4.69, 9.17) is 43.6 Å². The Morgan fingerprint density at radius 2 is 1.79 bits per heavy atom. The summed E-state index contributed by atoms with van der Waals surface area (Å²) in [6, 6.07) is 9.29. The molecule has 8 nitrogen and oxygen atoms in total. The van der Waals surface area contributed by atoms with E-state index < -0.39 is 39.9 Å². The lowest BCUT2D eigenvalue weighted by Crippen LogP contribution is -2.20. The fourth-order valence-corrected chi connectivity index (χ4v) is 3.93. The molecular weight excluding hydrogens is 457 g/mol. The van der Waals surface area contributed by atoms with Crippen molar-refractivity contribution in [3.05, 3.63) is 74.3 Å². The fraction of sp³-hybridized carbons (Fsp3) is 0.0625. The van der Waals surface area contributed by atoms with Crippen molar-refractivity contribution in [3.63, 3.8) is 0 Å². The van der Waals surface area contributed by atoms with Crippen molar-refractivity contribution < 1.29 is 22.2 Å². The summed E-state index contributed by atoms with van der Waals surface area (Å²) in [5.41, 5.74) is -0.249. The van der Waals surface area contributed by atoms with Crippen LogP contribution in [0.4, 0.5) is 5.88 Å². The van der Waals surface area contributed by atoms with Crippen molar-refractivity contribution in [2.24, 2.45) is 0 Å². The molecule has 3 aromatic rings. The van der Waals surface area contributed by atoms with Gasteiger partial charge in [-0.1, -0.05) is 46.9 Å². The molecule has 2 aromatic heterocycles. The standard InChI is InChI=1S/C16H8Cl3NO7S/c17-16(18,19)28(24,25)14(13-5-6-15(27-13)20(22)23)8-9-7-11(21)10-3-1-2-4-12(10)26-9/h1-8H. The normalized spacial score (nSPS) is 13.0. The maximum Gasteiger partial charge on any atom is 0.433 e. The molecule has 28 heavy (non-hydrogen) atoms. The number of hydrogen-bond donors (Lipinski definition) is 0. The number of nitro groups is 1. The quantitative estimate of drug-likeness (QED) is 0.316. The number of rotatable bonds is 4. The summed E-state index contributed by atoms with van der Waals surface area (Å²) in [6.07, 6.45) is 0.896. The lowest BCUT2D eigenvalue weighted by atomic mass is 10.2. The highest BCUT2D eigenvalue weighted by Crippen LogP contribution is 2.42. The first-order chi connectivity index (χ1) is 13.0. The average molecular weight is 465 g/mol. The smallest absolute Gasteiger partial charge is 0.433 e. The van der Waals surface area contributed by atoms with Crippen LogP contribution in [0, 0.1) is 10.1 Å². The Morgan fingerprint density at radius 1 is 1.11 bits per heavy atom. The summed E-state index contributed by atoms with van der Waals surface area (Å²) >= 11 is 16.7. The summed E-state index contributed by atoms with van der Waals surface area (Å²) in [5.74, 6) is -1.37. The highest BCUT2D eigenvalue weighted by Gasteiger charge is 2.43.